The van der Waals surface area contributed by atoms with Crippen LogP contribution in [0.5, 0.6) is 5.75 Å². The van der Waals surface area contributed by atoms with Gasteiger partial charge in [0.15, 0.2) is 0 Å². The van der Waals surface area contributed by atoms with E-state index in [4.69, 9.17) is 9.47 Å². The lowest BCUT2D eigenvalue weighted by Crippen LogP contribution is -2.23. The Bertz CT molecular complexity index is 389. The lowest BCUT2D eigenvalue weighted by atomic mass is 9.92. The minimum atomic E-state index is -0.543. The van der Waals surface area contributed by atoms with Crippen LogP contribution in [0, 0.1) is 12.8 Å². The first-order valence-corrected chi connectivity index (χ1v) is 6.07. The van der Waals surface area contributed by atoms with E-state index in [0.29, 0.717) is 5.92 Å². The topological polar surface area (TPSA) is 38.7 Å². The maximum absolute atomic E-state index is 10.4. The number of aliphatic hydroxyl groups is 1. The molecule has 3 atom stereocenters. The number of hydrogen-bond donors (Lipinski definition) is 1. The molecule has 0 aliphatic carbocycles. The van der Waals surface area contributed by atoms with Crippen LogP contribution in [-0.2, 0) is 4.74 Å². The van der Waals surface area contributed by atoms with Gasteiger partial charge in [-0.3, -0.25) is 0 Å². The van der Waals surface area contributed by atoms with Crippen molar-refractivity contribution < 1.29 is 14.6 Å². The van der Waals surface area contributed by atoms with Gasteiger partial charge in [0.2, 0.25) is 0 Å². The van der Waals surface area contributed by atoms with E-state index in [1.807, 2.05) is 25.1 Å². The van der Waals surface area contributed by atoms with Gasteiger partial charge in [0.25, 0.3) is 0 Å². The first-order valence-electron chi connectivity index (χ1n) is 6.07. The Balaban J connectivity index is 2.21. The van der Waals surface area contributed by atoms with E-state index >= 15 is 0 Å². The SMILES string of the molecule is COc1ccc(C(O)C2OCCC2C)c(C)c1. The van der Waals surface area contributed by atoms with Gasteiger partial charge in [-0.2, -0.15) is 0 Å². The van der Waals surface area contributed by atoms with Crippen molar-refractivity contribution in [2.45, 2.75) is 32.5 Å². The van der Waals surface area contributed by atoms with Crippen molar-refractivity contribution in [1.29, 1.82) is 0 Å². The molecule has 94 valence electrons. The summed E-state index contributed by atoms with van der Waals surface area (Å²) in [6.07, 6.45) is 0.400. The zero-order chi connectivity index (χ0) is 12.4. The summed E-state index contributed by atoms with van der Waals surface area (Å²) in [5, 5.41) is 10.4. The van der Waals surface area contributed by atoms with Gasteiger partial charge in [0, 0.05) is 6.61 Å². The first-order chi connectivity index (χ1) is 8.13. The van der Waals surface area contributed by atoms with Crippen LogP contribution in [0.2, 0.25) is 0 Å². The summed E-state index contributed by atoms with van der Waals surface area (Å²) in [5.41, 5.74) is 1.98. The fraction of sp³-hybridized carbons (Fsp3) is 0.571. The van der Waals surface area contributed by atoms with Crippen LogP contribution < -0.4 is 4.74 Å². The molecular formula is C14H20O3. The van der Waals surface area contributed by atoms with Crippen LogP contribution in [0.3, 0.4) is 0 Å². The van der Waals surface area contributed by atoms with E-state index in [1.165, 1.54) is 0 Å². The molecule has 1 N–H and O–H groups in total. The molecule has 1 aromatic rings. The normalized spacial score (nSPS) is 25.9. The van der Waals surface area contributed by atoms with Crippen molar-refractivity contribution in [3.63, 3.8) is 0 Å². The van der Waals surface area contributed by atoms with Crippen LogP contribution in [-0.4, -0.2) is 24.9 Å². The van der Waals surface area contributed by atoms with Crippen molar-refractivity contribution in [3.8, 4) is 5.75 Å². The van der Waals surface area contributed by atoms with Crippen molar-refractivity contribution in [2.24, 2.45) is 5.92 Å². The summed E-state index contributed by atoms with van der Waals surface area (Å²) >= 11 is 0. The van der Waals surface area contributed by atoms with E-state index in [2.05, 4.69) is 6.92 Å². The zero-order valence-corrected chi connectivity index (χ0v) is 10.6. The Kier molecular flexibility index (Phi) is 3.69. The monoisotopic (exact) mass is 236 g/mol. The molecule has 0 bridgehead atoms. The third-order valence-corrected chi connectivity index (χ3v) is 3.55. The number of aliphatic hydroxyl groups excluding tert-OH is 1. The molecule has 0 amide bonds. The van der Waals surface area contributed by atoms with Gasteiger partial charge in [0.1, 0.15) is 11.9 Å². The molecule has 3 nitrogen and oxygen atoms in total. The summed E-state index contributed by atoms with van der Waals surface area (Å²) in [6, 6.07) is 5.75. The second-order valence-corrected chi connectivity index (χ2v) is 4.77. The Labute approximate surface area is 102 Å². The highest BCUT2D eigenvalue weighted by atomic mass is 16.5. The molecule has 3 heteroatoms. The van der Waals surface area contributed by atoms with Crippen molar-refractivity contribution in [2.75, 3.05) is 13.7 Å². The first kappa shape index (κ1) is 12.4. The lowest BCUT2D eigenvalue weighted by molar-refractivity contribution is -0.0181. The zero-order valence-electron chi connectivity index (χ0n) is 10.6. The average molecular weight is 236 g/mol. The summed E-state index contributed by atoms with van der Waals surface area (Å²) in [6.45, 7) is 4.86. The Hall–Kier alpha value is -1.06. The molecule has 3 unspecified atom stereocenters. The van der Waals surface area contributed by atoms with Crippen molar-refractivity contribution in [1.82, 2.24) is 0 Å². The molecule has 0 radical (unpaired) electrons. The maximum atomic E-state index is 10.4. The molecule has 17 heavy (non-hydrogen) atoms. The van der Waals surface area contributed by atoms with Crippen molar-refractivity contribution in [3.05, 3.63) is 29.3 Å². The fourth-order valence-corrected chi connectivity index (χ4v) is 2.40. The maximum Gasteiger partial charge on any atom is 0.119 e. The molecule has 1 fully saturated rings. The molecule has 0 aromatic heterocycles. The van der Waals surface area contributed by atoms with Crippen LogP contribution in [0.4, 0.5) is 0 Å². The van der Waals surface area contributed by atoms with Gasteiger partial charge in [-0.1, -0.05) is 13.0 Å². The molecule has 1 aromatic carbocycles. The molecule has 0 saturated carbocycles. The number of ether oxygens (including phenoxy) is 2. The Morgan fingerprint density at radius 2 is 2.24 bits per heavy atom. The number of aryl methyl sites for hydroxylation is 1. The highest BCUT2D eigenvalue weighted by Crippen LogP contribution is 2.33. The quantitative estimate of drug-likeness (QED) is 0.876. The number of benzene rings is 1. The molecular weight excluding hydrogens is 216 g/mol. The predicted octanol–water partition coefficient (Wildman–Crippen LogP) is 2.46. The predicted molar refractivity (Wildman–Crippen MR) is 66.2 cm³/mol. The summed E-state index contributed by atoms with van der Waals surface area (Å²) in [7, 11) is 1.65. The van der Waals surface area contributed by atoms with Crippen LogP contribution in [0.25, 0.3) is 0 Å². The van der Waals surface area contributed by atoms with Gasteiger partial charge in [0.05, 0.1) is 13.2 Å². The summed E-state index contributed by atoms with van der Waals surface area (Å²) in [5.74, 6) is 1.23. The van der Waals surface area contributed by atoms with Crippen LogP contribution in [0.15, 0.2) is 18.2 Å². The summed E-state index contributed by atoms with van der Waals surface area (Å²) < 4.78 is 10.8. The number of rotatable bonds is 3. The van der Waals surface area contributed by atoms with E-state index in [0.717, 1.165) is 29.9 Å². The smallest absolute Gasteiger partial charge is 0.119 e. The van der Waals surface area contributed by atoms with E-state index in [9.17, 15) is 5.11 Å². The van der Waals surface area contributed by atoms with E-state index in [1.54, 1.807) is 7.11 Å². The van der Waals surface area contributed by atoms with Crippen LogP contribution >= 0.6 is 0 Å². The number of methoxy groups -OCH3 is 1. The van der Waals surface area contributed by atoms with Crippen molar-refractivity contribution >= 4 is 0 Å². The third kappa shape index (κ3) is 2.45. The molecule has 1 heterocycles. The highest BCUT2D eigenvalue weighted by molar-refractivity contribution is 5.36. The van der Waals surface area contributed by atoms with E-state index in [-0.39, 0.29) is 6.10 Å². The molecule has 1 saturated heterocycles. The number of hydrogen-bond acceptors (Lipinski definition) is 3. The minimum Gasteiger partial charge on any atom is -0.497 e. The molecule has 2 rings (SSSR count). The average Bonchev–Trinajstić information content (AvgIpc) is 2.74. The van der Waals surface area contributed by atoms with E-state index < -0.39 is 6.10 Å². The lowest BCUT2D eigenvalue weighted by Gasteiger charge is -2.23. The Morgan fingerprint density at radius 3 is 2.76 bits per heavy atom. The second kappa shape index (κ2) is 5.07. The van der Waals surface area contributed by atoms with Gasteiger partial charge < -0.3 is 14.6 Å². The third-order valence-electron chi connectivity index (χ3n) is 3.55. The molecule has 1 aliphatic heterocycles. The fourth-order valence-electron chi connectivity index (χ4n) is 2.40. The molecule has 1 aliphatic rings. The van der Waals surface area contributed by atoms with Gasteiger partial charge in [-0.15, -0.1) is 0 Å². The largest absolute Gasteiger partial charge is 0.497 e. The summed E-state index contributed by atoms with van der Waals surface area (Å²) in [4.78, 5) is 0. The van der Waals surface area contributed by atoms with Gasteiger partial charge in [-0.05, 0) is 42.5 Å². The standard InChI is InChI=1S/C14H20O3/c1-9-6-7-17-14(9)13(15)12-5-4-11(16-3)8-10(12)2/h4-5,8-9,13-15H,6-7H2,1-3H3. The van der Waals surface area contributed by atoms with Gasteiger partial charge in [-0.25, -0.2) is 0 Å². The second-order valence-electron chi connectivity index (χ2n) is 4.77. The minimum absolute atomic E-state index is 0.0814. The molecule has 0 spiro atoms. The van der Waals surface area contributed by atoms with Crippen LogP contribution in [0.1, 0.15) is 30.6 Å². The highest BCUT2D eigenvalue weighted by Gasteiger charge is 2.32. The van der Waals surface area contributed by atoms with Gasteiger partial charge >= 0.3 is 0 Å². The Morgan fingerprint density at radius 1 is 1.47 bits per heavy atom.